The predicted octanol–water partition coefficient (Wildman–Crippen LogP) is 2.70. The molecule has 3 heterocycles. The van der Waals surface area contributed by atoms with E-state index in [9.17, 15) is 4.79 Å². The van der Waals surface area contributed by atoms with Gasteiger partial charge in [0.2, 0.25) is 0 Å². The Morgan fingerprint density at radius 2 is 2.42 bits per heavy atom. The maximum absolute atomic E-state index is 12.1. The molecule has 2 aliphatic rings. The normalized spacial score (nSPS) is 20.5. The molecule has 0 bridgehead atoms. The Morgan fingerprint density at radius 1 is 1.63 bits per heavy atom. The van der Waals surface area contributed by atoms with Crippen LogP contribution >= 0.6 is 11.3 Å². The van der Waals surface area contributed by atoms with Crippen molar-refractivity contribution in [3.63, 3.8) is 0 Å². The number of carbonyl (C=O) groups excluding carboxylic acids is 1. The van der Waals surface area contributed by atoms with Gasteiger partial charge >= 0.3 is 5.97 Å². The summed E-state index contributed by atoms with van der Waals surface area (Å²) in [5.41, 5.74) is 3.01. The molecule has 1 aromatic heterocycles. The molecule has 19 heavy (non-hydrogen) atoms. The first-order valence-corrected chi connectivity index (χ1v) is 7.42. The molecule has 1 unspecified atom stereocenters. The number of nitrogens with zero attached hydrogens (tertiary/aromatic N) is 1. The summed E-state index contributed by atoms with van der Waals surface area (Å²) in [6.45, 7) is 5.28. The van der Waals surface area contributed by atoms with Crippen LogP contribution in [-0.2, 0) is 4.74 Å². The summed E-state index contributed by atoms with van der Waals surface area (Å²) in [4.78, 5) is 16.5. The second-order valence-electron chi connectivity index (χ2n) is 5.01. The number of hydrogen-bond acceptors (Lipinski definition) is 5. The summed E-state index contributed by atoms with van der Waals surface area (Å²) in [5, 5.41) is 3.50. The number of hydrogen-bond donors (Lipinski definition) is 1. The van der Waals surface area contributed by atoms with Gasteiger partial charge in [0.15, 0.2) is 0 Å². The van der Waals surface area contributed by atoms with Crippen LogP contribution in [0.4, 0.5) is 5.69 Å². The molecule has 5 heteroatoms. The van der Waals surface area contributed by atoms with Crippen LogP contribution in [0.1, 0.15) is 33.5 Å². The minimum Gasteiger partial charge on any atom is -0.462 e. The Bertz CT molecular complexity index is 562. The van der Waals surface area contributed by atoms with Gasteiger partial charge in [-0.3, -0.25) is 0 Å². The lowest BCUT2D eigenvalue weighted by atomic mass is 10.0. The molecule has 3 rings (SSSR count). The van der Waals surface area contributed by atoms with Crippen molar-refractivity contribution in [2.24, 2.45) is 0 Å². The Hall–Kier alpha value is -1.49. The molecule has 102 valence electrons. The van der Waals surface area contributed by atoms with E-state index in [0.717, 1.165) is 29.1 Å². The summed E-state index contributed by atoms with van der Waals surface area (Å²) < 4.78 is 5.16. The molecule has 0 saturated heterocycles. The van der Waals surface area contributed by atoms with Gasteiger partial charge in [-0.15, -0.1) is 11.3 Å². The van der Waals surface area contributed by atoms with E-state index in [1.54, 1.807) is 11.3 Å². The number of thiophene rings is 1. The highest BCUT2D eigenvalue weighted by molar-refractivity contribution is 7.14. The average Bonchev–Trinajstić information content (AvgIpc) is 2.84. The SMILES string of the molecule is CCOC(=O)c1c(C)sc2c1NC1CCN(C)C=C21. The molecular formula is C14H18N2O2S. The Balaban J connectivity index is 2.04. The predicted molar refractivity (Wildman–Crippen MR) is 77.6 cm³/mol. The minimum atomic E-state index is -0.211. The van der Waals surface area contributed by atoms with Crippen LogP contribution in [0, 0.1) is 6.92 Å². The molecule has 1 atom stereocenters. The lowest BCUT2D eigenvalue weighted by Crippen LogP contribution is -2.28. The van der Waals surface area contributed by atoms with Gasteiger partial charge in [0.1, 0.15) is 0 Å². The molecule has 1 aromatic rings. The van der Waals surface area contributed by atoms with Crippen LogP contribution in [0.25, 0.3) is 5.57 Å². The van der Waals surface area contributed by atoms with Gasteiger partial charge in [0, 0.05) is 30.2 Å². The number of nitrogens with one attached hydrogen (secondary N) is 1. The van der Waals surface area contributed by atoms with Gasteiger partial charge in [0.25, 0.3) is 0 Å². The van der Waals surface area contributed by atoms with Crippen LogP contribution in [0.2, 0.25) is 0 Å². The van der Waals surface area contributed by atoms with E-state index in [-0.39, 0.29) is 5.97 Å². The van der Waals surface area contributed by atoms with Crippen molar-refractivity contribution in [2.45, 2.75) is 26.3 Å². The van der Waals surface area contributed by atoms with Crippen molar-refractivity contribution in [1.29, 1.82) is 0 Å². The molecule has 0 amide bonds. The number of fused-ring (bicyclic) bond motifs is 3. The second kappa shape index (κ2) is 4.56. The zero-order valence-corrected chi connectivity index (χ0v) is 12.3. The Labute approximate surface area is 117 Å². The van der Waals surface area contributed by atoms with Crippen molar-refractivity contribution >= 4 is 28.6 Å². The highest BCUT2D eigenvalue weighted by Gasteiger charge is 2.35. The number of carbonyl (C=O) groups is 1. The molecule has 1 N–H and O–H groups in total. The molecule has 0 spiro atoms. The fourth-order valence-corrected chi connectivity index (χ4v) is 3.93. The third kappa shape index (κ3) is 1.92. The summed E-state index contributed by atoms with van der Waals surface area (Å²) in [5.74, 6) is -0.211. The summed E-state index contributed by atoms with van der Waals surface area (Å²) in [7, 11) is 2.09. The second-order valence-corrected chi connectivity index (χ2v) is 6.23. The van der Waals surface area contributed by atoms with Crippen molar-refractivity contribution in [2.75, 3.05) is 25.5 Å². The van der Waals surface area contributed by atoms with Crippen molar-refractivity contribution in [3.8, 4) is 0 Å². The smallest absolute Gasteiger partial charge is 0.341 e. The van der Waals surface area contributed by atoms with Crippen LogP contribution < -0.4 is 5.32 Å². The minimum absolute atomic E-state index is 0.211. The highest BCUT2D eigenvalue weighted by atomic mass is 32.1. The molecule has 0 fully saturated rings. The monoisotopic (exact) mass is 278 g/mol. The molecule has 0 aliphatic carbocycles. The van der Waals surface area contributed by atoms with Gasteiger partial charge in [-0.2, -0.15) is 0 Å². The largest absolute Gasteiger partial charge is 0.462 e. The quantitative estimate of drug-likeness (QED) is 0.845. The van der Waals surface area contributed by atoms with E-state index in [4.69, 9.17) is 4.74 Å². The number of esters is 1. The molecule has 4 nitrogen and oxygen atoms in total. The fourth-order valence-electron chi connectivity index (χ4n) is 2.76. The molecule has 0 aromatic carbocycles. The molecule has 0 radical (unpaired) electrons. The topological polar surface area (TPSA) is 41.6 Å². The first-order valence-electron chi connectivity index (χ1n) is 6.61. The maximum Gasteiger partial charge on any atom is 0.341 e. The van der Waals surface area contributed by atoms with E-state index < -0.39 is 0 Å². The van der Waals surface area contributed by atoms with Crippen LogP contribution in [0.5, 0.6) is 0 Å². The van der Waals surface area contributed by atoms with Crippen LogP contribution in [0.3, 0.4) is 0 Å². The number of ether oxygens (including phenoxy) is 1. The Morgan fingerprint density at radius 3 is 3.16 bits per heavy atom. The van der Waals surface area contributed by atoms with Gasteiger partial charge in [-0.05, 0) is 20.3 Å². The van der Waals surface area contributed by atoms with Crippen LogP contribution in [0.15, 0.2) is 6.20 Å². The first-order chi connectivity index (χ1) is 9.11. The lowest BCUT2D eigenvalue weighted by molar-refractivity contribution is 0.0527. The number of aryl methyl sites for hydroxylation is 1. The number of rotatable bonds is 2. The molecule has 2 aliphatic heterocycles. The van der Waals surface area contributed by atoms with Gasteiger partial charge in [0.05, 0.1) is 28.8 Å². The maximum atomic E-state index is 12.1. The van der Waals surface area contributed by atoms with Gasteiger partial charge in [-0.1, -0.05) is 0 Å². The highest BCUT2D eigenvalue weighted by Crippen LogP contribution is 2.46. The first kappa shape index (κ1) is 12.5. The van der Waals surface area contributed by atoms with Gasteiger partial charge < -0.3 is 15.0 Å². The van der Waals surface area contributed by atoms with Crippen molar-refractivity contribution in [3.05, 3.63) is 21.5 Å². The molecule has 0 saturated carbocycles. The zero-order valence-electron chi connectivity index (χ0n) is 11.4. The third-order valence-electron chi connectivity index (χ3n) is 3.65. The van der Waals surface area contributed by atoms with E-state index >= 15 is 0 Å². The van der Waals surface area contributed by atoms with E-state index in [1.165, 1.54) is 10.5 Å². The molecular weight excluding hydrogens is 260 g/mol. The van der Waals surface area contributed by atoms with E-state index in [1.807, 2.05) is 13.8 Å². The van der Waals surface area contributed by atoms with Crippen LogP contribution in [-0.4, -0.2) is 37.1 Å². The summed E-state index contributed by atoms with van der Waals surface area (Å²) >= 11 is 1.69. The van der Waals surface area contributed by atoms with E-state index in [2.05, 4.69) is 23.5 Å². The summed E-state index contributed by atoms with van der Waals surface area (Å²) in [6.07, 6.45) is 3.27. The average molecular weight is 278 g/mol. The van der Waals surface area contributed by atoms with E-state index in [0.29, 0.717) is 12.6 Å². The third-order valence-corrected chi connectivity index (χ3v) is 4.80. The fraction of sp³-hybridized carbons (Fsp3) is 0.500. The van der Waals surface area contributed by atoms with Crippen molar-refractivity contribution in [1.82, 2.24) is 4.90 Å². The Kier molecular flexibility index (Phi) is 3.01. The zero-order chi connectivity index (χ0) is 13.6. The van der Waals surface area contributed by atoms with Crippen molar-refractivity contribution < 1.29 is 9.53 Å². The number of anilines is 1. The standard InChI is InChI=1S/C14H18N2O2S/c1-4-18-14(17)11-8(2)19-13-9-7-16(3)6-5-10(9)15-12(11)13/h7,10,15H,4-6H2,1-3H3. The summed E-state index contributed by atoms with van der Waals surface area (Å²) in [6, 6.07) is 0.353. The lowest BCUT2D eigenvalue weighted by Gasteiger charge is -2.26. The van der Waals surface area contributed by atoms with Gasteiger partial charge in [-0.25, -0.2) is 4.79 Å².